The molecule has 0 aromatic heterocycles. The van der Waals surface area contributed by atoms with Gasteiger partial charge in [0.05, 0.1) is 6.61 Å². The molecule has 0 amide bonds. The normalized spacial score (nSPS) is 11.6. The number of unbranched alkanes of at least 4 members (excludes halogenated alkanes) is 11. The van der Waals surface area contributed by atoms with Gasteiger partial charge in [-0.25, -0.2) is 0 Å². The summed E-state index contributed by atoms with van der Waals surface area (Å²) in [6.07, 6.45) is 27.8. The highest BCUT2D eigenvalue weighted by Crippen LogP contribution is 2.09. The van der Waals surface area contributed by atoms with E-state index in [9.17, 15) is 4.79 Å². The van der Waals surface area contributed by atoms with Crippen molar-refractivity contribution in [1.29, 1.82) is 0 Å². The van der Waals surface area contributed by atoms with E-state index in [0.29, 0.717) is 13.0 Å². The van der Waals surface area contributed by atoms with Crippen molar-refractivity contribution >= 4 is 5.97 Å². The van der Waals surface area contributed by atoms with Crippen molar-refractivity contribution in [3.63, 3.8) is 0 Å². The molecule has 0 saturated carbocycles. The average Bonchev–Trinajstić information content (AvgIpc) is 2.64. The smallest absolute Gasteiger partial charge is 0.305 e. The summed E-state index contributed by atoms with van der Waals surface area (Å²) in [5.41, 5.74) is 0. The maximum absolute atomic E-state index is 11.6. The largest absolute Gasteiger partial charge is 0.466 e. The van der Waals surface area contributed by atoms with Gasteiger partial charge in [-0.05, 0) is 44.9 Å². The van der Waals surface area contributed by atoms with E-state index in [-0.39, 0.29) is 5.97 Å². The van der Waals surface area contributed by atoms with Gasteiger partial charge >= 0.3 is 5.97 Å². The first-order chi connectivity index (χ1) is 12.8. The SMILES string of the molecule is CCCCC/C=C/C/C=C/CCCCCCCC(=O)OCCCCCC. The molecule has 0 unspecified atom stereocenters. The van der Waals surface area contributed by atoms with Crippen molar-refractivity contribution in [2.75, 3.05) is 6.61 Å². The summed E-state index contributed by atoms with van der Waals surface area (Å²) in [5.74, 6) is -0.00724. The molecule has 0 aliphatic rings. The van der Waals surface area contributed by atoms with E-state index in [4.69, 9.17) is 4.74 Å². The van der Waals surface area contributed by atoms with Crippen LogP contribution in [-0.4, -0.2) is 12.6 Å². The molecule has 0 atom stereocenters. The molecule has 26 heavy (non-hydrogen) atoms. The second kappa shape index (κ2) is 22.0. The van der Waals surface area contributed by atoms with E-state index in [1.807, 2.05) is 0 Å². The zero-order chi connectivity index (χ0) is 19.1. The molecule has 0 aromatic rings. The Morgan fingerprint density at radius 2 is 1.19 bits per heavy atom. The highest BCUT2D eigenvalue weighted by Gasteiger charge is 2.02. The van der Waals surface area contributed by atoms with Crippen LogP contribution in [0, 0.1) is 0 Å². The molecule has 0 heterocycles. The zero-order valence-electron chi connectivity index (χ0n) is 17.6. The van der Waals surface area contributed by atoms with Gasteiger partial charge in [0.2, 0.25) is 0 Å². The Morgan fingerprint density at radius 1 is 0.654 bits per heavy atom. The fourth-order valence-corrected chi connectivity index (χ4v) is 2.87. The van der Waals surface area contributed by atoms with Crippen LogP contribution in [0.5, 0.6) is 0 Å². The Bertz CT molecular complexity index is 344. The summed E-state index contributed by atoms with van der Waals surface area (Å²) in [4.78, 5) is 11.6. The standard InChI is InChI=1S/C24H44O2/c1-3-5-7-9-10-11-12-13-14-15-16-17-18-19-20-22-24(25)26-23-21-8-6-4-2/h10-11,13-14H,3-9,12,15-23H2,1-2H3/b11-10+,14-13+. The van der Waals surface area contributed by atoms with Gasteiger partial charge in [-0.1, -0.05) is 89.5 Å². The Kier molecular flexibility index (Phi) is 21.1. The molecule has 0 bridgehead atoms. The molecule has 0 aliphatic carbocycles. The van der Waals surface area contributed by atoms with Crippen LogP contribution < -0.4 is 0 Å². The van der Waals surface area contributed by atoms with Crippen LogP contribution in [0.3, 0.4) is 0 Å². The van der Waals surface area contributed by atoms with Crippen LogP contribution in [0.1, 0.15) is 117 Å². The van der Waals surface area contributed by atoms with Crippen LogP contribution >= 0.6 is 0 Å². The highest BCUT2D eigenvalue weighted by atomic mass is 16.5. The number of esters is 1. The average molecular weight is 365 g/mol. The third kappa shape index (κ3) is 21.0. The van der Waals surface area contributed by atoms with Crippen molar-refractivity contribution in [1.82, 2.24) is 0 Å². The highest BCUT2D eigenvalue weighted by molar-refractivity contribution is 5.69. The van der Waals surface area contributed by atoms with E-state index in [1.54, 1.807) is 0 Å². The molecule has 0 fully saturated rings. The predicted octanol–water partition coefficient (Wildman–Crippen LogP) is 7.92. The van der Waals surface area contributed by atoms with Gasteiger partial charge in [-0.15, -0.1) is 0 Å². The van der Waals surface area contributed by atoms with Crippen LogP contribution in [-0.2, 0) is 9.53 Å². The van der Waals surface area contributed by atoms with Gasteiger partial charge in [0.15, 0.2) is 0 Å². The minimum absolute atomic E-state index is 0.00724. The third-order valence-corrected chi connectivity index (χ3v) is 4.59. The molecule has 0 saturated heterocycles. The number of hydrogen-bond acceptors (Lipinski definition) is 2. The molecular weight excluding hydrogens is 320 g/mol. The molecule has 0 N–H and O–H groups in total. The predicted molar refractivity (Wildman–Crippen MR) is 114 cm³/mol. The monoisotopic (exact) mass is 364 g/mol. The first-order valence-corrected chi connectivity index (χ1v) is 11.3. The molecule has 0 rings (SSSR count). The Balaban J connectivity index is 3.25. The van der Waals surface area contributed by atoms with Gasteiger partial charge < -0.3 is 4.74 Å². The zero-order valence-corrected chi connectivity index (χ0v) is 17.6. The third-order valence-electron chi connectivity index (χ3n) is 4.59. The van der Waals surface area contributed by atoms with Gasteiger partial charge in [-0.2, -0.15) is 0 Å². The van der Waals surface area contributed by atoms with Gasteiger partial charge in [-0.3, -0.25) is 4.79 Å². The lowest BCUT2D eigenvalue weighted by Gasteiger charge is -2.04. The summed E-state index contributed by atoms with van der Waals surface area (Å²) in [6.45, 7) is 5.05. The molecule has 0 aromatic carbocycles. The quantitative estimate of drug-likeness (QED) is 0.132. The summed E-state index contributed by atoms with van der Waals surface area (Å²) < 4.78 is 5.25. The summed E-state index contributed by atoms with van der Waals surface area (Å²) in [5, 5.41) is 0. The van der Waals surface area contributed by atoms with Crippen LogP contribution in [0.2, 0.25) is 0 Å². The van der Waals surface area contributed by atoms with E-state index in [0.717, 1.165) is 25.7 Å². The lowest BCUT2D eigenvalue weighted by molar-refractivity contribution is -0.143. The number of allylic oxidation sites excluding steroid dienone is 4. The van der Waals surface area contributed by atoms with E-state index in [1.165, 1.54) is 70.6 Å². The van der Waals surface area contributed by atoms with Crippen molar-refractivity contribution in [3.05, 3.63) is 24.3 Å². The fraction of sp³-hybridized carbons (Fsp3) is 0.792. The van der Waals surface area contributed by atoms with Gasteiger partial charge in [0.1, 0.15) is 0 Å². The van der Waals surface area contributed by atoms with Crippen molar-refractivity contribution in [3.8, 4) is 0 Å². The number of carbonyl (C=O) groups excluding carboxylic acids is 1. The number of ether oxygens (including phenoxy) is 1. The molecule has 152 valence electrons. The molecule has 0 aliphatic heterocycles. The lowest BCUT2D eigenvalue weighted by atomic mass is 10.1. The van der Waals surface area contributed by atoms with Crippen LogP contribution in [0.15, 0.2) is 24.3 Å². The second-order valence-corrected chi connectivity index (χ2v) is 7.26. The van der Waals surface area contributed by atoms with Crippen LogP contribution in [0.25, 0.3) is 0 Å². The van der Waals surface area contributed by atoms with E-state index >= 15 is 0 Å². The maximum Gasteiger partial charge on any atom is 0.305 e. The summed E-state index contributed by atoms with van der Waals surface area (Å²) in [6, 6.07) is 0. The molecular formula is C24H44O2. The molecule has 2 heteroatoms. The number of rotatable bonds is 19. The summed E-state index contributed by atoms with van der Waals surface area (Å²) in [7, 11) is 0. The molecule has 0 spiro atoms. The maximum atomic E-state index is 11.6. The van der Waals surface area contributed by atoms with E-state index in [2.05, 4.69) is 38.2 Å². The number of carbonyl (C=O) groups is 1. The van der Waals surface area contributed by atoms with Crippen LogP contribution in [0.4, 0.5) is 0 Å². The van der Waals surface area contributed by atoms with Crippen molar-refractivity contribution in [2.45, 2.75) is 117 Å². The molecule has 2 nitrogen and oxygen atoms in total. The topological polar surface area (TPSA) is 26.3 Å². The summed E-state index contributed by atoms with van der Waals surface area (Å²) >= 11 is 0. The minimum Gasteiger partial charge on any atom is -0.466 e. The molecule has 0 radical (unpaired) electrons. The minimum atomic E-state index is -0.00724. The van der Waals surface area contributed by atoms with Crippen molar-refractivity contribution in [2.24, 2.45) is 0 Å². The lowest BCUT2D eigenvalue weighted by Crippen LogP contribution is -2.05. The Morgan fingerprint density at radius 3 is 1.88 bits per heavy atom. The van der Waals surface area contributed by atoms with Gasteiger partial charge in [0, 0.05) is 6.42 Å². The Hall–Kier alpha value is -1.05. The first-order valence-electron chi connectivity index (χ1n) is 11.3. The first kappa shape index (κ1) is 24.9. The van der Waals surface area contributed by atoms with Gasteiger partial charge in [0.25, 0.3) is 0 Å². The fourth-order valence-electron chi connectivity index (χ4n) is 2.87. The number of hydrogen-bond donors (Lipinski definition) is 0. The Labute approximate surface area is 163 Å². The van der Waals surface area contributed by atoms with Crippen molar-refractivity contribution < 1.29 is 9.53 Å². The second-order valence-electron chi connectivity index (χ2n) is 7.26. The van der Waals surface area contributed by atoms with E-state index < -0.39 is 0 Å².